The van der Waals surface area contributed by atoms with Gasteiger partial charge in [0.1, 0.15) is 18.2 Å². The number of hydrogen-bond acceptors (Lipinski definition) is 3. The Morgan fingerprint density at radius 3 is 2.42 bits per heavy atom. The summed E-state index contributed by atoms with van der Waals surface area (Å²) in [6.45, 7) is 0.422. The van der Waals surface area contributed by atoms with Gasteiger partial charge in [-0.2, -0.15) is 5.10 Å². The van der Waals surface area contributed by atoms with E-state index in [4.69, 9.17) is 4.74 Å². The quantitative estimate of drug-likeness (QED) is 0.197. The lowest BCUT2D eigenvalue weighted by atomic mass is 10.1. The van der Waals surface area contributed by atoms with E-state index in [1.807, 2.05) is 30.3 Å². The van der Waals surface area contributed by atoms with Gasteiger partial charge < -0.3 is 4.74 Å². The average molecular weight is 570 g/mol. The summed E-state index contributed by atoms with van der Waals surface area (Å²) in [5.74, 6) is 0.0596. The third-order valence-corrected chi connectivity index (χ3v) is 6.13. The van der Waals surface area contributed by atoms with Gasteiger partial charge in [-0.1, -0.05) is 54.6 Å². The third-order valence-electron chi connectivity index (χ3n) is 4.95. The lowest BCUT2D eigenvalue weighted by Crippen LogP contribution is -2.19. The molecule has 1 amide bonds. The fourth-order valence-electron chi connectivity index (χ4n) is 3.37. The molecule has 0 bridgehead atoms. The summed E-state index contributed by atoms with van der Waals surface area (Å²) in [4.78, 5) is 12.0. The van der Waals surface area contributed by atoms with Crippen LogP contribution in [0.15, 0.2) is 92.9 Å². The van der Waals surface area contributed by atoms with Crippen molar-refractivity contribution in [2.24, 2.45) is 5.10 Å². The topological polar surface area (TPSA) is 50.7 Å². The maximum Gasteiger partial charge on any atom is 0.244 e. The first-order valence-corrected chi connectivity index (χ1v) is 11.7. The Bertz CT molecular complexity index is 1300. The molecule has 0 aromatic heterocycles. The first-order chi connectivity index (χ1) is 16.0. The highest BCUT2D eigenvalue weighted by Crippen LogP contribution is 2.35. The first kappa shape index (κ1) is 23.1. The molecule has 0 atom stereocenters. The van der Waals surface area contributed by atoms with Gasteiger partial charge in [-0.05, 0) is 83.6 Å². The molecular formula is C26H19Br2FN2O2. The number of rotatable bonds is 7. The fourth-order valence-corrected chi connectivity index (χ4v) is 4.82. The zero-order valence-electron chi connectivity index (χ0n) is 17.4. The molecule has 0 aliphatic carbocycles. The van der Waals surface area contributed by atoms with Crippen LogP contribution in [0.5, 0.6) is 5.75 Å². The third kappa shape index (κ3) is 6.06. The Balaban J connectivity index is 1.39. The zero-order valence-corrected chi connectivity index (χ0v) is 20.6. The summed E-state index contributed by atoms with van der Waals surface area (Å²) in [5, 5.41) is 6.34. The number of hydrogen-bond donors (Lipinski definition) is 1. The number of amides is 1. The summed E-state index contributed by atoms with van der Waals surface area (Å²) in [6, 6.07) is 23.9. The summed E-state index contributed by atoms with van der Waals surface area (Å²) >= 11 is 7.12. The number of halogens is 3. The van der Waals surface area contributed by atoms with Gasteiger partial charge >= 0.3 is 0 Å². The van der Waals surface area contributed by atoms with Gasteiger partial charge in [-0.25, -0.2) is 9.82 Å². The molecule has 4 rings (SSSR count). The highest BCUT2D eigenvalue weighted by molar-refractivity contribution is 9.11. The van der Waals surface area contributed by atoms with Crippen molar-refractivity contribution in [1.29, 1.82) is 0 Å². The standard InChI is InChI=1S/C26H19Br2FN2O2/c27-23-12-18(15-30-31-25(32)14-17-8-10-21(29)11-9-17)13-24(28)26(23)33-16-20-6-3-5-19-4-1-2-7-22(19)20/h1-13,15H,14,16H2,(H,31,32)/b30-15+. The van der Waals surface area contributed by atoms with Gasteiger partial charge in [-0.3, -0.25) is 4.79 Å². The molecule has 0 aliphatic rings. The van der Waals surface area contributed by atoms with E-state index in [0.717, 1.165) is 25.5 Å². The predicted molar refractivity (Wildman–Crippen MR) is 136 cm³/mol. The van der Waals surface area contributed by atoms with Crippen molar-refractivity contribution in [2.75, 3.05) is 0 Å². The molecule has 0 saturated carbocycles. The molecule has 0 fully saturated rings. The molecule has 166 valence electrons. The Labute approximate surface area is 207 Å². The number of nitrogens with one attached hydrogen (secondary N) is 1. The molecule has 33 heavy (non-hydrogen) atoms. The number of nitrogens with zero attached hydrogens (tertiary/aromatic N) is 1. The van der Waals surface area contributed by atoms with E-state index >= 15 is 0 Å². The number of carbonyl (C=O) groups excluding carboxylic acids is 1. The van der Waals surface area contributed by atoms with E-state index in [1.54, 1.807) is 18.3 Å². The lowest BCUT2D eigenvalue weighted by Gasteiger charge is -2.13. The van der Waals surface area contributed by atoms with Gasteiger partial charge in [0, 0.05) is 0 Å². The summed E-state index contributed by atoms with van der Waals surface area (Å²) in [5.41, 5.74) is 5.07. The van der Waals surface area contributed by atoms with Crippen LogP contribution in [-0.4, -0.2) is 12.1 Å². The SMILES string of the molecule is O=C(Cc1ccc(F)cc1)N/N=C/c1cc(Br)c(OCc2cccc3ccccc23)c(Br)c1. The smallest absolute Gasteiger partial charge is 0.244 e. The van der Waals surface area contributed by atoms with E-state index in [9.17, 15) is 9.18 Å². The molecule has 0 saturated heterocycles. The highest BCUT2D eigenvalue weighted by Gasteiger charge is 2.10. The molecule has 0 aliphatic heterocycles. The lowest BCUT2D eigenvalue weighted by molar-refractivity contribution is -0.120. The zero-order chi connectivity index (χ0) is 23.2. The summed E-state index contributed by atoms with van der Waals surface area (Å²) in [6.07, 6.45) is 1.67. The molecular weight excluding hydrogens is 551 g/mol. The maximum absolute atomic E-state index is 13.0. The largest absolute Gasteiger partial charge is 0.487 e. The monoisotopic (exact) mass is 568 g/mol. The Kier molecular flexibility index (Phi) is 7.52. The van der Waals surface area contributed by atoms with Crippen LogP contribution in [0.4, 0.5) is 4.39 Å². The number of hydrazone groups is 1. The second-order valence-electron chi connectivity index (χ2n) is 7.34. The number of ether oxygens (including phenoxy) is 1. The molecule has 0 unspecified atom stereocenters. The molecule has 4 nitrogen and oxygen atoms in total. The molecule has 4 aromatic rings. The molecule has 4 aromatic carbocycles. The fraction of sp³-hybridized carbons (Fsp3) is 0.0769. The van der Waals surface area contributed by atoms with Crippen molar-refractivity contribution in [2.45, 2.75) is 13.0 Å². The molecule has 0 spiro atoms. The molecule has 0 radical (unpaired) electrons. The Morgan fingerprint density at radius 1 is 0.970 bits per heavy atom. The van der Waals surface area contributed by atoms with Crippen LogP contribution < -0.4 is 10.2 Å². The van der Waals surface area contributed by atoms with Gasteiger partial charge in [0.05, 0.1) is 21.6 Å². The van der Waals surface area contributed by atoms with Crippen molar-refractivity contribution in [3.63, 3.8) is 0 Å². The van der Waals surface area contributed by atoms with Crippen LogP contribution in [-0.2, 0) is 17.8 Å². The molecule has 7 heteroatoms. The van der Waals surface area contributed by atoms with Crippen LogP contribution in [0.2, 0.25) is 0 Å². The van der Waals surface area contributed by atoms with Crippen molar-refractivity contribution < 1.29 is 13.9 Å². The number of carbonyl (C=O) groups is 1. The van der Waals surface area contributed by atoms with E-state index in [1.165, 1.54) is 17.5 Å². The Morgan fingerprint density at radius 2 is 1.67 bits per heavy atom. The van der Waals surface area contributed by atoms with E-state index < -0.39 is 0 Å². The van der Waals surface area contributed by atoms with Crippen LogP contribution in [0.3, 0.4) is 0 Å². The van der Waals surface area contributed by atoms with E-state index in [2.05, 4.69) is 66.7 Å². The van der Waals surface area contributed by atoms with Gasteiger partial charge in [0.2, 0.25) is 5.91 Å². The highest BCUT2D eigenvalue weighted by atomic mass is 79.9. The maximum atomic E-state index is 13.0. The average Bonchev–Trinajstić information content (AvgIpc) is 2.80. The van der Waals surface area contributed by atoms with Gasteiger partial charge in [-0.15, -0.1) is 0 Å². The van der Waals surface area contributed by atoms with Gasteiger partial charge in [0.25, 0.3) is 0 Å². The van der Waals surface area contributed by atoms with E-state index in [-0.39, 0.29) is 18.1 Å². The number of fused-ring (bicyclic) bond motifs is 1. The number of benzene rings is 4. The minimum absolute atomic E-state index is 0.117. The van der Waals surface area contributed by atoms with Crippen LogP contribution in [0, 0.1) is 5.82 Å². The van der Waals surface area contributed by atoms with Crippen molar-refractivity contribution >= 4 is 54.8 Å². The van der Waals surface area contributed by atoms with Crippen molar-refractivity contribution in [3.05, 3.63) is 110 Å². The second-order valence-corrected chi connectivity index (χ2v) is 9.05. The van der Waals surface area contributed by atoms with Crippen LogP contribution >= 0.6 is 31.9 Å². The van der Waals surface area contributed by atoms with Crippen molar-refractivity contribution in [1.82, 2.24) is 5.43 Å². The van der Waals surface area contributed by atoms with Gasteiger partial charge in [0.15, 0.2) is 0 Å². The van der Waals surface area contributed by atoms with E-state index in [0.29, 0.717) is 17.9 Å². The first-order valence-electron chi connectivity index (χ1n) is 10.1. The molecule has 0 heterocycles. The minimum Gasteiger partial charge on any atom is -0.487 e. The minimum atomic E-state index is -0.335. The van der Waals surface area contributed by atoms with Crippen LogP contribution in [0.25, 0.3) is 10.8 Å². The predicted octanol–water partition coefficient (Wildman–Crippen LogP) is 6.78. The summed E-state index contributed by atoms with van der Waals surface area (Å²) < 4.78 is 20.6. The van der Waals surface area contributed by atoms with Crippen molar-refractivity contribution in [3.8, 4) is 5.75 Å². The second kappa shape index (κ2) is 10.7. The summed E-state index contributed by atoms with van der Waals surface area (Å²) in [7, 11) is 0. The molecule has 1 N–H and O–H groups in total. The normalized spacial score (nSPS) is 11.1. The Hall–Kier alpha value is -3.03. The van der Waals surface area contributed by atoms with Crippen LogP contribution in [0.1, 0.15) is 16.7 Å².